The first-order valence-electron chi connectivity index (χ1n) is 5.23. The quantitative estimate of drug-likeness (QED) is 0.846. The standard InChI is InChI=1S/C12H16BrClN2O.ClH/c1-12(2,3)10(15)11(17)16-7-4-5-9(14)8(13)6-7;/h4-6,10H,15H2,1-3H3,(H,16,17);1H/t10-;/m1./s1. The number of carbonyl (C=O) groups excluding carboxylic acids is 1. The van der Waals surface area contributed by atoms with E-state index in [1.807, 2.05) is 20.8 Å². The Kier molecular flexibility index (Phi) is 6.65. The van der Waals surface area contributed by atoms with Crippen molar-refractivity contribution in [3.05, 3.63) is 27.7 Å². The molecule has 0 bridgehead atoms. The zero-order chi connectivity index (χ0) is 13.2. The summed E-state index contributed by atoms with van der Waals surface area (Å²) in [6.07, 6.45) is 0. The van der Waals surface area contributed by atoms with E-state index in [2.05, 4.69) is 21.2 Å². The summed E-state index contributed by atoms with van der Waals surface area (Å²) in [5, 5.41) is 3.36. The molecule has 0 unspecified atom stereocenters. The van der Waals surface area contributed by atoms with Gasteiger partial charge in [0, 0.05) is 10.2 Å². The number of benzene rings is 1. The highest BCUT2D eigenvalue weighted by atomic mass is 79.9. The molecule has 0 fully saturated rings. The van der Waals surface area contributed by atoms with Gasteiger partial charge < -0.3 is 11.1 Å². The third-order valence-corrected chi connectivity index (χ3v) is 3.62. The van der Waals surface area contributed by atoms with Crippen LogP contribution in [0.2, 0.25) is 5.02 Å². The molecule has 0 radical (unpaired) electrons. The normalized spacial score (nSPS) is 12.6. The van der Waals surface area contributed by atoms with Gasteiger partial charge in [-0.1, -0.05) is 32.4 Å². The molecule has 1 rings (SSSR count). The third-order valence-electron chi connectivity index (χ3n) is 2.40. The van der Waals surface area contributed by atoms with E-state index in [1.165, 1.54) is 0 Å². The van der Waals surface area contributed by atoms with E-state index in [4.69, 9.17) is 17.3 Å². The highest BCUT2D eigenvalue weighted by molar-refractivity contribution is 9.10. The number of anilines is 1. The van der Waals surface area contributed by atoms with Crippen LogP contribution in [0.15, 0.2) is 22.7 Å². The predicted molar refractivity (Wildman–Crippen MR) is 82.5 cm³/mol. The molecule has 0 aliphatic carbocycles. The van der Waals surface area contributed by atoms with Crippen LogP contribution in [0.5, 0.6) is 0 Å². The Hall–Kier alpha value is -0.290. The topological polar surface area (TPSA) is 55.1 Å². The lowest BCUT2D eigenvalue weighted by Crippen LogP contribution is -2.45. The summed E-state index contributed by atoms with van der Waals surface area (Å²) in [5.41, 5.74) is 6.26. The molecule has 0 saturated carbocycles. The molecule has 1 atom stereocenters. The molecule has 0 saturated heterocycles. The van der Waals surface area contributed by atoms with Crippen LogP contribution in [0.4, 0.5) is 5.69 Å². The van der Waals surface area contributed by atoms with Crippen molar-refractivity contribution in [1.29, 1.82) is 0 Å². The van der Waals surface area contributed by atoms with Gasteiger partial charge in [-0.05, 0) is 39.5 Å². The molecule has 1 aromatic carbocycles. The van der Waals surface area contributed by atoms with Crippen molar-refractivity contribution in [2.75, 3.05) is 5.32 Å². The van der Waals surface area contributed by atoms with E-state index in [9.17, 15) is 4.79 Å². The molecular weight excluding hydrogens is 339 g/mol. The van der Waals surface area contributed by atoms with Crippen molar-refractivity contribution in [1.82, 2.24) is 0 Å². The van der Waals surface area contributed by atoms with E-state index >= 15 is 0 Å². The van der Waals surface area contributed by atoms with Gasteiger partial charge in [0.1, 0.15) is 0 Å². The monoisotopic (exact) mass is 354 g/mol. The fraction of sp³-hybridized carbons (Fsp3) is 0.417. The van der Waals surface area contributed by atoms with Gasteiger partial charge in [-0.2, -0.15) is 0 Å². The molecule has 102 valence electrons. The first-order valence-corrected chi connectivity index (χ1v) is 6.40. The molecule has 0 heterocycles. The maximum absolute atomic E-state index is 11.9. The number of rotatable bonds is 2. The van der Waals surface area contributed by atoms with Crippen molar-refractivity contribution in [3.63, 3.8) is 0 Å². The maximum Gasteiger partial charge on any atom is 0.241 e. The second-order valence-electron chi connectivity index (χ2n) is 4.96. The number of nitrogens with two attached hydrogens (primary N) is 1. The van der Waals surface area contributed by atoms with Gasteiger partial charge >= 0.3 is 0 Å². The van der Waals surface area contributed by atoms with Crippen LogP contribution in [0.3, 0.4) is 0 Å². The molecule has 3 N–H and O–H groups in total. The smallest absolute Gasteiger partial charge is 0.241 e. The van der Waals surface area contributed by atoms with E-state index in [0.29, 0.717) is 10.7 Å². The average Bonchev–Trinajstić information content (AvgIpc) is 2.21. The second kappa shape index (κ2) is 6.75. The second-order valence-corrected chi connectivity index (χ2v) is 6.22. The van der Waals surface area contributed by atoms with Gasteiger partial charge in [-0.25, -0.2) is 0 Å². The fourth-order valence-corrected chi connectivity index (χ4v) is 1.68. The largest absolute Gasteiger partial charge is 0.325 e. The molecule has 0 aliphatic heterocycles. The number of amides is 1. The Balaban J connectivity index is 0.00000289. The number of halogens is 3. The first kappa shape index (κ1) is 17.7. The fourth-order valence-electron chi connectivity index (χ4n) is 1.19. The van der Waals surface area contributed by atoms with Crippen LogP contribution in [-0.4, -0.2) is 11.9 Å². The SMILES string of the molecule is CC(C)(C)[C@H](N)C(=O)Nc1ccc(Cl)c(Br)c1.Cl. The highest BCUT2D eigenvalue weighted by Gasteiger charge is 2.27. The molecule has 0 spiro atoms. The summed E-state index contributed by atoms with van der Waals surface area (Å²) in [7, 11) is 0. The Morgan fingerprint density at radius 2 is 2.00 bits per heavy atom. The van der Waals surface area contributed by atoms with Gasteiger partial charge in [-0.15, -0.1) is 12.4 Å². The van der Waals surface area contributed by atoms with Gasteiger partial charge in [-0.3, -0.25) is 4.79 Å². The first-order chi connectivity index (χ1) is 7.71. The Labute approximate surface area is 127 Å². The molecule has 1 aromatic rings. The van der Waals surface area contributed by atoms with E-state index in [0.717, 1.165) is 4.47 Å². The Morgan fingerprint density at radius 1 is 1.44 bits per heavy atom. The average molecular weight is 356 g/mol. The van der Waals surface area contributed by atoms with E-state index in [1.54, 1.807) is 18.2 Å². The summed E-state index contributed by atoms with van der Waals surface area (Å²) < 4.78 is 0.737. The van der Waals surface area contributed by atoms with Gasteiger partial charge in [0.05, 0.1) is 11.1 Å². The Morgan fingerprint density at radius 3 is 2.44 bits per heavy atom. The van der Waals surface area contributed by atoms with Crippen LogP contribution in [0, 0.1) is 5.41 Å². The lowest BCUT2D eigenvalue weighted by molar-refractivity contribution is -0.119. The highest BCUT2D eigenvalue weighted by Crippen LogP contribution is 2.26. The van der Waals surface area contributed by atoms with Gasteiger partial charge in [0.15, 0.2) is 0 Å². The lowest BCUT2D eigenvalue weighted by atomic mass is 9.87. The molecule has 0 aliphatic rings. The van der Waals surface area contributed by atoms with Crippen molar-refractivity contribution in [2.24, 2.45) is 11.1 Å². The van der Waals surface area contributed by atoms with Crippen LogP contribution in [0.25, 0.3) is 0 Å². The lowest BCUT2D eigenvalue weighted by Gasteiger charge is -2.25. The molecule has 6 heteroatoms. The van der Waals surface area contributed by atoms with Crippen molar-refractivity contribution < 1.29 is 4.79 Å². The number of hydrogen-bond acceptors (Lipinski definition) is 2. The predicted octanol–water partition coefficient (Wildman–Crippen LogP) is 3.84. The molecule has 1 amide bonds. The van der Waals surface area contributed by atoms with Crippen LogP contribution in [0.1, 0.15) is 20.8 Å². The summed E-state index contributed by atoms with van der Waals surface area (Å²) >= 11 is 9.17. The minimum Gasteiger partial charge on any atom is -0.325 e. The summed E-state index contributed by atoms with van der Waals surface area (Å²) in [6.45, 7) is 5.78. The number of carbonyl (C=O) groups is 1. The summed E-state index contributed by atoms with van der Waals surface area (Å²) in [6, 6.07) is 4.64. The van der Waals surface area contributed by atoms with Gasteiger partial charge in [0.2, 0.25) is 5.91 Å². The Bertz CT molecular complexity index is 433. The number of hydrogen-bond donors (Lipinski definition) is 2. The van der Waals surface area contributed by atoms with Crippen molar-refractivity contribution >= 4 is 51.5 Å². The molecule has 18 heavy (non-hydrogen) atoms. The van der Waals surface area contributed by atoms with E-state index < -0.39 is 6.04 Å². The number of nitrogens with one attached hydrogen (secondary N) is 1. The summed E-state index contributed by atoms with van der Waals surface area (Å²) in [4.78, 5) is 11.9. The van der Waals surface area contributed by atoms with Gasteiger partial charge in [0.25, 0.3) is 0 Å². The molecule has 3 nitrogen and oxygen atoms in total. The third kappa shape index (κ3) is 4.76. The minimum atomic E-state index is -0.558. The van der Waals surface area contributed by atoms with Crippen molar-refractivity contribution in [2.45, 2.75) is 26.8 Å². The van der Waals surface area contributed by atoms with E-state index in [-0.39, 0.29) is 23.7 Å². The maximum atomic E-state index is 11.9. The van der Waals surface area contributed by atoms with Crippen LogP contribution < -0.4 is 11.1 Å². The zero-order valence-electron chi connectivity index (χ0n) is 10.5. The van der Waals surface area contributed by atoms with Crippen molar-refractivity contribution in [3.8, 4) is 0 Å². The zero-order valence-corrected chi connectivity index (χ0v) is 13.6. The minimum absolute atomic E-state index is 0. The summed E-state index contributed by atoms with van der Waals surface area (Å²) in [5.74, 6) is -0.202. The molecular formula is C12H17BrCl2N2O. The van der Waals surface area contributed by atoms with Crippen LogP contribution >= 0.6 is 39.9 Å². The molecule has 0 aromatic heterocycles. The van der Waals surface area contributed by atoms with Crippen LogP contribution in [-0.2, 0) is 4.79 Å².